The number of halogens is 13. The van der Waals surface area contributed by atoms with E-state index in [1.165, 1.54) is 4.74 Å². The summed E-state index contributed by atoms with van der Waals surface area (Å²) in [6.07, 6.45) is -39.4. The predicted octanol–water partition coefficient (Wildman–Crippen LogP) is 4.17. The summed E-state index contributed by atoms with van der Waals surface area (Å²) >= 11 is 0. The van der Waals surface area contributed by atoms with Gasteiger partial charge in [0, 0.05) is 7.11 Å². The van der Waals surface area contributed by atoms with Gasteiger partial charge in [0.05, 0.1) is 0 Å². The zero-order valence-corrected chi connectivity index (χ0v) is 11.3. The Balaban J connectivity index is 5.44. The van der Waals surface area contributed by atoms with Gasteiger partial charge in [-0.05, 0) is 0 Å². The van der Waals surface area contributed by atoms with Crippen molar-refractivity contribution in [2.24, 2.45) is 0 Å². The van der Waals surface area contributed by atoms with Gasteiger partial charge in [0.25, 0.3) is 0 Å². The number of rotatable bonds is 9. The van der Waals surface area contributed by atoms with Crippen LogP contribution in [0.1, 0.15) is 0 Å². The molecule has 0 unspecified atom stereocenters. The fourth-order valence-electron chi connectivity index (χ4n) is 0.929. The van der Waals surface area contributed by atoms with Gasteiger partial charge in [-0.3, -0.25) is 0 Å². The van der Waals surface area contributed by atoms with Crippen molar-refractivity contribution < 1.29 is 76.0 Å². The summed E-state index contributed by atoms with van der Waals surface area (Å²) in [5.41, 5.74) is 0. The molecule has 0 bridgehead atoms. The average Bonchev–Trinajstić information content (AvgIpc) is 2.20. The Morgan fingerprint density at radius 3 is 1.16 bits per heavy atom. The van der Waals surface area contributed by atoms with E-state index in [4.69, 9.17) is 0 Å². The SMILES string of the molecule is COCC(F)(F)OC(F)(F)C(F)(F)OC(F)(F)C(F)(F)OC(F)(F)F. The van der Waals surface area contributed by atoms with Gasteiger partial charge in [0.1, 0.15) is 6.61 Å². The van der Waals surface area contributed by atoms with Gasteiger partial charge in [-0.2, -0.15) is 43.9 Å². The van der Waals surface area contributed by atoms with E-state index in [9.17, 15) is 57.1 Å². The van der Waals surface area contributed by atoms with E-state index < -0.39 is 43.5 Å². The first kappa shape index (κ1) is 23.9. The Kier molecular flexibility index (Phi) is 6.62. The molecule has 0 rings (SSSR count). The molecule has 0 atom stereocenters. The fourth-order valence-corrected chi connectivity index (χ4v) is 0.929. The summed E-state index contributed by atoms with van der Waals surface area (Å²) in [5, 5.41) is 0. The molecule has 0 heterocycles. The molecule has 0 aliphatic carbocycles. The summed E-state index contributed by atoms with van der Waals surface area (Å²) in [5.74, 6) is 0. The minimum Gasteiger partial charge on any atom is -0.376 e. The topological polar surface area (TPSA) is 36.9 Å². The van der Waals surface area contributed by atoms with Crippen molar-refractivity contribution in [1.29, 1.82) is 0 Å². The molecule has 0 saturated carbocycles. The number of hydrogen-bond donors (Lipinski definition) is 0. The lowest BCUT2D eigenvalue weighted by atomic mass is 10.5. The molecule has 0 amide bonds. The second-order valence-corrected chi connectivity index (χ2v) is 3.89. The van der Waals surface area contributed by atoms with Gasteiger partial charge < -0.3 is 4.74 Å². The minimum atomic E-state index is -7.05. The summed E-state index contributed by atoms with van der Waals surface area (Å²) < 4.78 is 170. The van der Waals surface area contributed by atoms with Gasteiger partial charge >= 0.3 is 36.9 Å². The summed E-state index contributed by atoms with van der Waals surface area (Å²) in [4.78, 5) is 0. The van der Waals surface area contributed by atoms with Gasteiger partial charge in [0.2, 0.25) is 0 Å². The van der Waals surface area contributed by atoms with Crippen molar-refractivity contribution in [2.75, 3.05) is 13.7 Å². The Morgan fingerprint density at radius 2 is 0.840 bits per heavy atom. The summed E-state index contributed by atoms with van der Waals surface area (Å²) in [6, 6.07) is 0. The van der Waals surface area contributed by atoms with Gasteiger partial charge in [0.15, 0.2) is 0 Å². The Morgan fingerprint density at radius 1 is 0.520 bits per heavy atom. The van der Waals surface area contributed by atoms with E-state index in [0.29, 0.717) is 7.11 Å². The van der Waals surface area contributed by atoms with E-state index in [1.807, 2.05) is 0 Å². The molecule has 0 aromatic heterocycles. The first-order valence-corrected chi connectivity index (χ1v) is 5.23. The Labute approximate surface area is 128 Å². The van der Waals surface area contributed by atoms with Crippen molar-refractivity contribution in [1.82, 2.24) is 0 Å². The zero-order valence-electron chi connectivity index (χ0n) is 11.3. The summed E-state index contributed by atoms with van der Waals surface area (Å²) in [7, 11) is 0.452. The monoisotopic (exact) mass is 412 g/mol. The number of methoxy groups -OCH3 is 1. The second-order valence-electron chi connectivity index (χ2n) is 3.89. The van der Waals surface area contributed by atoms with Crippen LogP contribution < -0.4 is 0 Å². The number of alkyl halides is 13. The molecule has 0 spiro atoms. The molecule has 4 nitrogen and oxygen atoms in total. The molecule has 17 heteroatoms. The minimum absolute atomic E-state index is 0.452. The molecule has 0 saturated heterocycles. The molecular formula is C8H5F13O4. The van der Waals surface area contributed by atoms with Crippen LogP contribution in [0.4, 0.5) is 57.1 Å². The molecule has 0 aliphatic heterocycles. The van der Waals surface area contributed by atoms with Crippen molar-refractivity contribution in [3.8, 4) is 0 Å². The quantitative estimate of drug-likeness (QED) is 0.533. The molecule has 0 fully saturated rings. The number of hydrogen-bond acceptors (Lipinski definition) is 4. The van der Waals surface area contributed by atoms with Crippen LogP contribution in [0, 0.1) is 0 Å². The Bertz CT molecular complexity index is 446. The second kappa shape index (κ2) is 6.92. The fraction of sp³-hybridized carbons (Fsp3) is 1.00. The van der Waals surface area contributed by atoms with Crippen molar-refractivity contribution in [3.63, 3.8) is 0 Å². The number of ether oxygens (including phenoxy) is 4. The molecule has 25 heavy (non-hydrogen) atoms. The smallest absolute Gasteiger partial charge is 0.376 e. The van der Waals surface area contributed by atoms with Crippen molar-refractivity contribution in [2.45, 2.75) is 36.9 Å². The molecule has 0 aromatic rings. The van der Waals surface area contributed by atoms with Crippen molar-refractivity contribution >= 4 is 0 Å². The third kappa shape index (κ3) is 6.63. The maximum Gasteiger partial charge on any atom is 0.527 e. The van der Waals surface area contributed by atoms with Crippen LogP contribution >= 0.6 is 0 Å². The maximum atomic E-state index is 12.8. The van der Waals surface area contributed by atoms with E-state index in [0.717, 1.165) is 0 Å². The lowest BCUT2D eigenvalue weighted by molar-refractivity contribution is -0.564. The molecule has 152 valence electrons. The normalized spacial score (nSPS) is 15.6. The van der Waals surface area contributed by atoms with E-state index >= 15 is 0 Å². The average molecular weight is 412 g/mol. The maximum absolute atomic E-state index is 12.8. The molecular weight excluding hydrogens is 407 g/mol. The lowest BCUT2D eigenvalue weighted by Gasteiger charge is -2.33. The van der Waals surface area contributed by atoms with Crippen LogP contribution in [0.5, 0.6) is 0 Å². The highest BCUT2D eigenvalue weighted by atomic mass is 19.4. The van der Waals surface area contributed by atoms with Gasteiger partial charge in [-0.15, -0.1) is 13.2 Å². The lowest BCUT2D eigenvalue weighted by Crippen LogP contribution is -2.57. The van der Waals surface area contributed by atoms with Crippen LogP contribution in [-0.4, -0.2) is 50.6 Å². The van der Waals surface area contributed by atoms with Gasteiger partial charge in [-0.1, -0.05) is 0 Å². The van der Waals surface area contributed by atoms with E-state index in [1.54, 1.807) is 4.74 Å². The highest BCUT2D eigenvalue weighted by Crippen LogP contribution is 2.48. The van der Waals surface area contributed by atoms with Crippen LogP contribution in [0.2, 0.25) is 0 Å². The molecule has 0 N–H and O–H groups in total. The first-order valence-electron chi connectivity index (χ1n) is 5.23. The van der Waals surface area contributed by atoms with Crippen molar-refractivity contribution in [3.05, 3.63) is 0 Å². The standard InChI is InChI=1S/C8H5F13O4/c1-22-2-3(9,10)23-4(11,12)5(13,14)24-6(15,16)7(17,18)25-8(19,20)21/h2H2,1H3. The predicted molar refractivity (Wildman–Crippen MR) is 45.9 cm³/mol. The first-order chi connectivity index (χ1) is 10.7. The van der Waals surface area contributed by atoms with Crippen LogP contribution in [-0.2, 0) is 18.9 Å². The highest BCUT2D eigenvalue weighted by molar-refractivity contribution is 4.76. The molecule has 0 radical (unpaired) electrons. The van der Waals surface area contributed by atoms with Crippen LogP contribution in [0.3, 0.4) is 0 Å². The van der Waals surface area contributed by atoms with Crippen LogP contribution in [0.15, 0.2) is 0 Å². The zero-order chi connectivity index (χ0) is 20.5. The Hall–Kier alpha value is -1.07. The van der Waals surface area contributed by atoms with E-state index in [-0.39, 0.29) is 0 Å². The largest absolute Gasteiger partial charge is 0.527 e. The molecule has 0 aliphatic rings. The van der Waals surface area contributed by atoms with Crippen LogP contribution in [0.25, 0.3) is 0 Å². The van der Waals surface area contributed by atoms with E-state index in [2.05, 4.69) is 9.47 Å². The summed E-state index contributed by atoms with van der Waals surface area (Å²) in [6.45, 7) is -2.11. The molecule has 0 aromatic carbocycles. The highest BCUT2D eigenvalue weighted by Gasteiger charge is 2.74. The van der Waals surface area contributed by atoms with Gasteiger partial charge in [-0.25, -0.2) is 14.2 Å². The third-order valence-corrected chi connectivity index (χ3v) is 1.77. The third-order valence-electron chi connectivity index (χ3n) is 1.77.